The van der Waals surface area contributed by atoms with Crippen LogP contribution in [0.1, 0.15) is 60.6 Å². The van der Waals surface area contributed by atoms with Gasteiger partial charge in [-0.15, -0.1) is 0 Å². The maximum Gasteiger partial charge on any atom is 0.168 e. The number of hydrogen-bond acceptors (Lipinski definition) is 2. The van der Waals surface area contributed by atoms with Crippen LogP contribution in [0, 0.1) is 11.8 Å². The molecule has 0 saturated heterocycles. The monoisotopic (exact) mass is 438 g/mol. The van der Waals surface area contributed by atoms with E-state index >= 15 is 0 Å². The van der Waals surface area contributed by atoms with E-state index in [4.69, 9.17) is 0 Å². The highest BCUT2D eigenvalue weighted by molar-refractivity contribution is 9.10. The van der Waals surface area contributed by atoms with E-state index < -0.39 is 0 Å². The van der Waals surface area contributed by atoms with E-state index in [1.807, 2.05) is 30.5 Å². The molecule has 4 rings (SSSR count). The molecule has 2 unspecified atom stereocenters. The second kappa shape index (κ2) is 8.60. The Morgan fingerprint density at radius 2 is 2.04 bits per heavy atom. The quantitative estimate of drug-likeness (QED) is 0.445. The van der Waals surface area contributed by atoms with Crippen LogP contribution >= 0.6 is 15.9 Å². The molecule has 28 heavy (non-hydrogen) atoms. The van der Waals surface area contributed by atoms with Gasteiger partial charge in [0.15, 0.2) is 5.78 Å². The summed E-state index contributed by atoms with van der Waals surface area (Å²) >= 11 is 3.47. The first-order chi connectivity index (χ1) is 13.6. The van der Waals surface area contributed by atoms with Gasteiger partial charge in [0.05, 0.1) is 0 Å². The molecule has 3 nitrogen and oxygen atoms in total. The maximum absolute atomic E-state index is 12.6. The molecule has 1 aromatic carbocycles. The second-order valence-corrected chi connectivity index (χ2v) is 9.07. The summed E-state index contributed by atoms with van der Waals surface area (Å²) in [5.41, 5.74) is 3.86. The summed E-state index contributed by atoms with van der Waals surface area (Å²) in [4.78, 5) is 20.6. The summed E-state index contributed by atoms with van der Waals surface area (Å²) in [6.45, 7) is 2.41. The molecule has 3 aromatic rings. The number of pyridine rings is 1. The molecule has 1 saturated carbocycles. The fraction of sp³-hybridized carbons (Fsp3) is 0.417. The normalized spacial score (nSPS) is 19.8. The van der Waals surface area contributed by atoms with E-state index in [1.54, 1.807) is 0 Å². The van der Waals surface area contributed by atoms with E-state index in [9.17, 15) is 4.79 Å². The molecule has 0 bridgehead atoms. The minimum absolute atomic E-state index is 0.107. The summed E-state index contributed by atoms with van der Waals surface area (Å²) in [5.74, 6) is 1.81. The van der Waals surface area contributed by atoms with Crippen LogP contribution in [0.3, 0.4) is 0 Å². The Kier molecular flexibility index (Phi) is 5.96. The van der Waals surface area contributed by atoms with Crippen molar-refractivity contribution in [3.63, 3.8) is 0 Å². The zero-order chi connectivity index (χ0) is 19.5. The third-order valence-electron chi connectivity index (χ3n) is 6.20. The van der Waals surface area contributed by atoms with Gasteiger partial charge in [-0.05, 0) is 48.4 Å². The maximum atomic E-state index is 12.6. The molecule has 2 heterocycles. The lowest BCUT2D eigenvalue weighted by atomic mass is 9.78. The number of nitrogens with one attached hydrogen (secondary N) is 1. The first-order valence-corrected chi connectivity index (χ1v) is 11.1. The Bertz CT molecular complexity index is 978. The highest BCUT2D eigenvalue weighted by atomic mass is 79.9. The lowest BCUT2D eigenvalue weighted by Crippen LogP contribution is -2.17. The number of carbonyl (C=O) groups excluding carboxylic acids is 1. The van der Waals surface area contributed by atoms with E-state index in [0.717, 1.165) is 44.9 Å². The minimum Gasteiger partial charge on any atom is -0.343 e. The average Bonchev–Trinajstić information content (AvgIpc) is 3.10. The number of benzene rings is 1. The molecule has 2 aromatic heterocycles. The average molecular weight is 439 g/mol. The van der Waals surface area contributed by atoms with Gasteiger partial charge < -0.3 is 4.98 Å². The molecule has 2 atom stereocenters. The van der Waals surface area contributed by atoms with E-state index in [0.29, 0.717) is 6.42 Å². The number of rotatable bonds is 6. The van der Waals surface area contributed by atoms with Gasteiger partial charge in [0.1, 0.15) is 5.65 Å². The highest BCUT2D eigenvalue weighted by Crippen LogP contribution is 2.33. The number of hydrogen-bond donors (Lipinski definition) is 1. The van der Waals surface area contributed by atoms with Gasteiger partial charge in [-0.3, -0.25) is 4.79 Å². The topological polar surface area (TPSA) is 45.8 Å². The fourth-order valence-electron chi connectivity index (χ4n) is 4.48. The number of aryl methyl sites for hydroxylation is 1. The van der Waals surface area contributed by atoms with Gasteiger partial charge in [0, 0.05) is 33.7 Å². The molecule has 1 N–H and O–H groups in total. The van der Waals surface area contributed by atoms with Crippen molar-refractivity contribution in [1.29, 1.82) is 0 Å². The van der Waals surface area contributed by atoms with Crippen LogP contribution in [-0.4, -0.2) is 15.8 Å². The molecule has 4 heteroatoms. The summed E-state index contributed by atoms with van der Waals surface area (Å²) in [5, 5.41) is 1.10. The van der Waals surface area contributed by atoms with Gasteiger partial charge in [-0.25, -0.2) is 4.98 Å². The van der Waals surface area contributed by atoms with Gasteiger partial charge in [-0.2, -0.15) is 0 Å². The highest BCUT2D eigenvalue weighted by Gasteiger charge is 2.21. The van der Waals surface area contributed by atoms with Gasteiger partial charge in [-0.1, -0.05) is 66.7 Å². The summed E-state index contributed by atoms with van der Waals surface area (Å²) < 4.78 is 0.843. The number of carbonyl (C=O) groups is 1. The number of aromatic nitrogens is 2. The molecule has 1 fully saturated rings. The number of H-pyrrole nitrogens is 1. The Morgan fingerprint density at radius 1 is 1.21 bits per heavy atom. The van der Waals surface area contributed by atoms with Crippen LogP contribution < -0.4 is 0 Å². The second-order valence-electron chi connectivity index (χ2n) is 8.22. The largest absolute Gasteiger partial charge is 0.343 e. The van der Waals surface area contributed by atoms with Crippen molar-refractivity contribution in [2.75, 3.05) is 0 Å². The van der Waals surface area contributed by atoms with Gasteiger partial charge >= 0.3 is 0 Å². The Balaban J connectivity index is 1.44. The third-order valence-corrected chi connectivity index (χ3v) is 6.89. The lowest BCUT2D eigenvalue weighted by Gasteiger charge is -2.28. The zero-order valence-corrected chi connectivity index (χ0v) is 18.0. The number of fused-ring (bicyclic) bond motifs is 1. The lowest BCUT2D eigenvalue weighted by molar-refractivity contribution is 0.0992. The first kappa shape index (κ1) is 19.4. The van der Waals surface area contributed by atoms with Crippen LogP contribution in [-0.2, 0) is 12.8 Å². The first-order valence-electron chi connectivity index (χ1n) is 10.3. The molecular weight excluding hydrogens is 412 g/mol. The molecule has 0 aliphatic heterocycles. The van der Waals surface area contributed by atoms with Gasteiger partial charge in [0.2, 0.25) is 0 Å². The minimum atomic E-state index is 0.107. The summed E-state index contributed by atoms with van der Waals surface area (Å²) in [7, 11) is 0. The van der Waals surface area contributed by atoms with Crippen LogP contribution in [0.25, 0.3) is 11.0 Å². The van der Waals surface area contributed by atoms with Crippen LogP contribution in [0.5, 0.6) is 0 Å². The molecule has 0 radical (unpaired) electrons. The van der Waals surface area contributed by atoms with E-state index in [-0.39, 0.29) is 5.78 Å². The SMILES string of the molecule is CC1CCCCC1CCc1cc2cc(CC(=O)c3ccccc3Br)cnc2[nH]1. The van der Waals surface area contributed by atoms with Crippen LogP contribution in [0.4, 0.5) is 0 Å². The number of halogens is 1. The number of ketones is 1. The van der Waals surface area contributed by atoms with Crippen molar-refractivity contribution < 1.29 is 4.79 Å². The smallest absolute Gasteiger partial charge is 0.168 e. The van der Waals surface area contributed by atoms with Crippen molar-refractivity contribution in [3.05, 3.63) is 63.9 Å². The van der Waals surface area contributed by atoms with Crippen molar-refractivity contribution in [3.8, 4) is 0 Å². The number of aromatic amines is 1. The Morgan fingerprint density at radius 3 is 2.86 bits per heavy atom. The predicted molar refractivity (Wildman–Crippen MR) is 118 cm³/mol. The predicted octanol–water partition coefficient (Wildman–Crippen LogP) is 6.51. The Labute approximate surface area is 175 Å². The van der Waals surface area contributed by atoms with Crippen molar-refractivity contribution in [2.24, 2.45) is 11.8 Å². The van der Waals surface area contributed by atoms with Crippen molar-refractivity contribution in [2.45, 2.75) is 51.9 Å². The molecule has 0 amide bonds. The van der Waals surface area contributed by atoms with E-state index in [1.165, 1.54) is 37.8 Å². The van der Waals surface area contributed by atoms with Crippen LogP contribution in [0.2, 0.25) is 0 Å². The molecule has 1 aliphatic carbocycles. The Hall–Kier alpha value is -1.94. The molecule has 146 valence electrons. The molecule has 1 aliphatic rings. The van der Waals surface area contributed by atoms with Crippen LogP contribution in [0.15, 0.2) is 47.1 Å². The number of nitrogens with zero attached hydrogens (tertiary/aromatic N) is 1. The molecular formula is C24H27BrN2O. The fourth-order valence-corrected chi connectivity index (χ4v) is 4.99. The summed E-state index contributed by atoms with van der Waals surface area (Å²) in [6.07, 6.45) is 10.1. The zero-order valence-electron chi connectivity index (χ0n) is 16.4. The molecule has 0 spiro atoms. The summed E-state index contributed by atoms with van der Waals surface area (Å²) in [6, 6.07) is 11.9. The standard InChI is InChI=1S/C24H27BrN2O/c1-16-6-2-3-7-18(16)10-11-20-14-19-12-17(15-26-24(19)27-20)13-23(28)21-8-4-5-9-22(21)25/h4-5,8-9,12,14-16,18H,2-3,6-7,10-11,13H2,1H3,(H,26,27). The number of Topliss-reactive ketones (excluding diaryl/α,β-unsaturated/α-hetero) is 1. The third kappa shape index (κ3) is 4.38. The van der Waals surface area contributed by atoms with Crippen molar-refractivity contribution in [1.82, 2.24) is 9.97 Å². The van der Waals surface area contributed by atoms with E-state index in [2.05, 4.69) is 45.0 Å². The van der Waals surface area contributed by atoms with Gasteiger partial charge in [0.25, 0.3) is 0 Å². The van der Waals surface area contributed by atoms with Crippen molar-refractivity contribution >= 4 is 32.7 Å².